The number of piperidine rings is 1. The fraction of sp³-hybridized carbons (Fsp3) is 0.679. The number of benzene rings is 1. The summed E-state index contributed by atoms with van der Waals surface area (Å²) in [5, 5.41) is 7.02. The summed E-state index contributed by atoms with van der Waals surface area (Å²) in [5.74, 6) is 0.0577. The van der Waals surface area contributed by atoms with Crippen LogP contribution in [0.5, 0.6) is 0 Å². The molecule has 0 radical (unpaired) electrons. The molecular weight excluding hydrogens is 490 g/mol. The summed E-state index contributed by atoms with van der Waals surface area (Å²) < 4.78 is 0. The van der Waals surface area contributed by atoms with Crippen molar-refractivity contribution in [1.29, 1.82) is 0 Å². The normalized spacial score (nSPS) is 25.4. The van der Waals surface area contributed by atoms with E-state index in [0.717, 1.165) is 63.4 Å². The number of rotatable bonds is 6. The Kier molecular flexibility index (Phi) is 7.68. The van der Waals surface area contributed by atoms with E-state index in [1.54, 1.807) is 0 Å². The summed E-state index contributed by atoms with van der Waals surface area (Å²) in [5.41, 5.74) is 0.0786. The zero-order valence-corrected chi connectivity index (χ0v) is 22.7. The lowest BCUT2D eigenvalue weighted by atomic mass is 9.75. The molecule has 8 nitrogen and oxygen atoms in total. The van der Waals surface area contributed by atoms with Gasteiger partial charge in [0.2, 0.25) is 17.7 Å². The van der Waals surface area contributed by atoms with E-state index in [-0.39, 0.29) is 29.2 Å². The summed E-state index contributed by atoms with van der Waals surface area (Å²) in [6.45, 7) is 7.61. The van der Waals surface area contributed by atoms with Crippen molar-refractivity contribution in [3.8, 4) is 0 Å². The molecule has 0 bridgehead atoms. The van der Waals surface area contributed by atoms with Gasteiger partial charge in [0.1, 0.15) is 5.54 Å². The van der Waals surface area contributed by atoms with Crippen molar-refractivity contribution in [1.82, 2.24) is 20.4 Å². The molecule has 1 spiro atoms. The number of piperazine rings is 1. The van der Waals surface area contributed by atoms with Gasteiger partial charge in [0.15, 0.2) is 0 Å². The molecule has 1 saturated carbocycles. The highest BCUT2D eigenvalue weighted by atomic mass is 35.5. The van der Waals surface area contributed by atoms with Crippen LogP contribution in [0.4, 0.5) is 5.69 Å². The highest BCUT2D eigenvalue weighted by Crippen LogP contribution is 2.42. The van der Waals surface area contributed by atoms with Crippen LogP contribution in [0.15, 0.2) is 24.3 Å². The van der Waals surface area contributed by atoms with Gasteiger partial charge in [-0.1, -0.05) is 30.5 Å². The number of hydrogen-bond donors (Lipinski definition) is 2. The van der Waals surface area contributed by atoms with Crippen LogP contribution in [0.25, 0.3) is 0 Å². The van der Waals surface area contributed by atoms with Gasteiger partial charge in [-0.25, -0.2) is 0 Å². The second-order valence-corrected chi connectivity index (χ2v) is 12.0. The number of halogens is 1. The average molecular weight is 530 g/mol. The van der Waals surface area contributed by atoms with Crippen molar-refractivity contribution in [2.75, 3.05) is 50.7 Å². The van der Waals surface area contributed by atoms with Gasteiger partial charge >= 0.3 is 0 Å². The molecule has 5 rings (SSSR count). The number of likely N-dealkylation sites (tertiary alicyclic amines) is 1. The summed E-state index contributed by atoms with van der Waals surface area (Å²) in [7, 11) is 0. The maximum absolute atomic E-state index is 13.4. The van der Waals surface area contributed by atoms with Crippen molar-refractivity contribution in [3.05, 3.63) is 29.3 Å². The fourth-order valence-corrected chi connectivity index (χ4v) is 7.13. The first kappa shape index (κ1) is 26.3. The molecule has 202 valence electrons. The maximum Gasteiger partial charge on any atom is 0.248 e. The lowest BCUT2D eigenvalue weighted by Gasteiger charge is -2.41. The number of nitrogens with one attached hydrogen (secondary N) is 2. The van der Waals surface area contributed by atoms with Crippen LogP contribution in [-0.4, -0.2) is 84.9 Å². The van der Waals surface area contributed by atoms with Gasteiger partial charge in [-0.15, -0.1) is 0 Å². The lowest BCUT2D eigenvalue weighted by Crippen LogP contribution is -2.59. The molecule has 3 heterocycles. The Hall–Kier alpha value is -2.32. The SMILES string of the molecule is CC(=O)NC1(C(=O)N2CCC3(CC2)C[C@H](CCN2CCN(c4cccc(Cl)c4)CC2)NC3=O)CCCC1. The van der Waals surface area contributed by atoms with E-state index in [4.69, 9.17) is 11.6 Å². The maximum atomic E-state index is 13.4. The predicted molar refractivity (Wildman–Crippen MR) is 145 cm³/mol. The Morgan fingerprint density at radius 3 is 2.41 bits per heavy atom. The molecule has 1 aliphatic carbocycles. The van der Waals surface area contributed by atoms with Crippen molar-refractivity contribution < 1.29 is 14.4 Å². The zero-order chi connectivity index (χ0) is 26.0. The Labute approximate surface area is 225 Å². The molecule has 3 aliphatic heterocycles. The summed E-state index contributed by atoms with van der Waals surface area (Å²) in [6, 6.07) is 8.24. The Bertz CT molecular complexity index is 1010. The van der Waals surface area contributed by atoms with Gasteiger partial charge in [0, 0.05) is 69.5 Å². The molecule has 9 heteroatoms. The Morgan fingerprint density at radius 1 is 1.05 bits per heavy atom. The first-order valence-electron chi connectivity index (χ1n) is 13.9. The minimum atomic E-state index is -0.742. The van der Waals surface area contributed by atoms with Crippen molar-refractivity contribution in [2.45, 2.75) is 69.9 Å². The highest BCUT2D eigenvalue weighted by molar-refractivity contribution is 6.30. The van der Waals surface area contributed by atoms with Gasteiger partial charge in [0.05, 0.1) is 5.41 Å². The third kappa shape index (κ3) is 5.60. The van der Waals surface area contributed by atoms with Crippen LogP contribution in [0, 0.1) is 5.41 Å². The molecule has 37 heavy (non-hydrogen) atoms. The van der Waals surface area contributed by atoms with E-state index in [1.165, 1.54) is 12.6 Å². The highest BCUT2D eigenvalue weighted by Gasteiger charge is 2.51. The first-order valence-corrected chi connectivity index (χ1v) is 14.3. The van der Waals surface area contributed by atoms with Gasteiger partial charge < -0.3 is 20.4 Å². The molecule has 0 unspecified atom stereocenters. The van der Waals surface area contributed by atoms with E-state index < -0.39 is 5.54 Å². The van der Waals surface area contributed by atoms with Gasteiger partial charge in [-0.2, -0.15) is 0 Å². The number of amides is 3. The molecule has 1 atom stereocenters. The van der Waals surface area contributed by atoms with Crippen molar-refractivity contribution >= 4 is 35.0 Å². The van der Waals surface area contributed by atoms with Crippen LogP contribution >= 0.6 is 11.6 Å². The molecule has 4 aliphatic rings. The van der Waals surface area contributed by atoms with Crippen LogP contribution in [0.3, 0.4) is 0 Å². The molecular formula is C28H40ClN5O3. The van der Waals surface area contributed by atoms with Crippen LogP contribution in [-0.2, 0) is 14.4 Å². The molecule has 1 aromatic carbocycles. The molecule has 2 N–H and O–H groups in total. The van der Waals surface area contributed by atoms with Crippen LogP contribution in [0.2, 0.25) is 5.02 Å². The number of anilines is 1. The third-order valence-corrected chi connectivity index (χ3v) is 9.32. The van der Waals surface area contributed by atoms with Crippen LogP contribution < -0.4 is 15.5 Å². The first-order chi connectivity index (χ1) is 17.8. The number of nitrogens with zero attached hydrogens (tertiary/aromatic N) is 3. The second kappa shape index (κ2) is 10.8. The predicted octanol–water partition coefficient (Wildman–Crippen LogP) is 2.80. The molecule has 3 saturated heterocycles. The van der Waals surface area contributed by atoms with Crippen molar-refractivity contribution in [2.24, 2.45) is 5.41 Å². The Morgan fingerprint density at radius 2 is 1.76 bits per heavy atom. The minimum absolute atomic E-state index is 0.0434. The molecule has 4 fully saturated rings. The molecule has 1 aromatic rings. The number of carbonyl (C=O) groups excluding carboxylic acids is 3. The number of hydrogen-bond acceptors (Lipinski definition) is 5. The zero-order valence-electron chi connectivity index (χ0n) is 21.9. The van der Waals surface area contributed by atoms with E-state index >= 15 is 0 Å². The van der Waals surface area contributed by atoms with Gasteiger partial charge in [-0.3, -0.25) is 19.3 Å². The molecule has 0 aromatic heterocycles. The lowest BCUT2D eigenvalue weighted by molar-refractivity contribution is -0.145. The standard InChI is InChI=1S/C28H40ClN5O3/c1-21(35)31-28(8-2-3-9-28)26(37)34-13-10-27(11-14-34)20-23(30-25(27)36)7-12-32-15-17-33(18-16-32)24-6-4-5-22(29)19-24/h4-6,19,23H,2-3,7-18,20H2,1H3,(H,30,36)(H,31,35)/t23-/m0/s1. The summed E-state index contributed by atoms with van der Waals surface area (Å²) in [6.07, 6.45) is 6.57. The fourth-order valence-electron chi connectivity index (χ4n) is 6.95. The minimum Gasteiger partial charge on any atom is -0.369 e. The monoisotopic (exact) mass is 529 g/mol. The molecule has 3 amide bonds. The van der Waals surface area contributed by atoms with Crippen LogP contribution in [0.1, 0.15) is 58.3 Å². The number of carbonyl (C=O) groups is 3. The van der Waals surface area contributed by atoms with E-state index in [1.807, 2.05) is 23.1 Å². The smallest absolute Gasteiger partial charge is 0.248 e. The second-order valence-electron chi connectivity index (χ2n) is 11.5. The topological polar surface area (TPSA) is 85.0 Å². The van der Waals surface area contributed by atoms with Gasteiger partial charge in [0.25, 0.3) is 0 Å². The van der Waals surface area contributed by atoms with E-state index in [9.17, 15) is 14.4 Å². The van der Waals surface area contributed by atoms with Crippen molar-refractivity contribution in [3.63, 3.8) is 0 Å². The quantitative estimate of drug-likeness (QED) is 0.592. The average Bonchev–Trinajstić information content (AvgIpc) is 3.48. The van der Waals surface area contributed by atoms with E-state index in [0.29, 0.717) is 38.8 Å². The van der Waals surface area contributed by atoms with Gasteiger partial charge in [-0.05, 0) is 56.7 Å². The largest absolute Gasteiger partial charge is 0.369 e. The third-order valence-electron chi connectivity index (χ3n) is 9.08. The Balaban J connectivity index is 1.09. The summed E-state index contributed by atoms with van der Waals surface area (Å²) in [4.78, 5) is 45.1. The van der Waals surface area contributed by atoms with E-state index in [2.05, 4.69) is 26.5 Å². The summed E-state index contributed by atoms with van der Waals surface area (Å²) >= 11 is 6.16.